The number of hydrogen-bond acceptors (Lipinski definition) is 1. The first-order valence-corrected chi connectivity index (χ1v) is 23.8. The minimum Gasteiger partial charge on any atom is -0.455 e. The Hall–Kier alpha value is 0.394. The molecule has 0 radical (unpaired) electrons. The van der Waals surface area contributed by atoms with Gasteiger partial charge in [-0.3, -0.25) is 0 Å². The third kappa shape index (κ3) is 21.7. The summed E-state index contributed by atoms with van der Waals surface area (Å²) >= 11 is 0. The highest BCUT2D eigenvalue weighted by molar-refractivity contribution is 6.87. The lowest BCUT2D eigenvalue weighted by atomic mass is 10.1. The molecule has 39 heavy (non-hydrogen) atoms. The van der Waals surface area contributed by atoms with Gasteiger partial charge >= 0.3 is 0 Å². The zero-order chi connectivity index (χ0) is 28.9. The maximum atomic E-state index is 7.91. The van der Waals surface area contributed by atoms with Crippen molar-refractivity contribution in [3.8, 4) is 0 Å². The molecule has 1 nitrogen and oxygen atoms in total. The molecule has 0 fully saturated rings. The summed E-state index contributed by atoms with van der Waals surface area (Å²) in [5.41, 5.74) is 0. The molecular formula is C36H78OSi2. The second kappa shape index (κ2) is 28.5. The van der Waals surface area contributed by atoms with Crippen molar-refractivity contribution in [1.29, 1.82) is 0 Å². The summed E-state index contributed by atoms with van der Waals surface area (Å²) in [4.78, 5) is 0. The van der Waals surface area contributed by atoms with E-state index in [0.717, 1.165) is 0 Å². The van der Waals surface area contributed by atoms with Crippen molar-refractivity contribution in [3.05, 3.63) is 0 Å². The minimum atomic E-state index is -1.66. The van der Waals surface area contributed by atoms with Gasteiger partial charge in [0.15, 0.2) is 16.6 Å². The Morgan fingerprint density at radius 3 is 0.692 bits per heavy atom. The van der Waals surface area contributed by atoms with Crippen molar-refractivity contribution in [2.24, 2.45) is 0 Å². The smallest absolute Gasteiger partial charge is 0.179 e. The van der Waals surface area contributed by atoms with Crippen molar-refractivity contribution in [1.82, 2.24) is 0 Å². The Bertz CT molecular complexity index is 407. The van der Waals surface area contributed by atoms with E-state index in [-0.39, 0.29) is 0 Å². The molecule has 0 aromatic carbocycles. The van der Waals surface area contributed by atoms with E-state index in [1.807, 2.05) is 0 Å². The zero-order valence-corrected chi connectivity index (χ0v) is 30.6. The minimum absolute atomic E-state index is 1.36. The average molecular weight is 583 g/mol. The molecule has 0 aromatic rings. The fraction of sp³-hybridized carbons (Fsp3) is 1.00. The first-order chi connectivity index (χ1) is 19.1. The van der Waals surface area contributed by atoms with Crippen LogP contribution in [0.2, 0.25) is 36.3 Å². The Morgan fingerprint density at radius 1 is 0.282 bits per heavy atom. The molecule has 0 aliphatic carbocycles. The first kappa shape index (κ1) is 39.4. The number of unbranched alkanes of at least 4 members (excludes halogenated alkanes) is 20. The van der Waals surface area contributed by atoms with Crippen LogP contribution in [0.25, 0.3) is 0 Å². The van der Waals surface area contributed by atoms with E-state index in [2.05, 4.69) is 41.5 Å². The summed E-state index contributed by atoms with van der Waals surface area (Å²) in [7, 11) is -3.33. The summed E-state index contributed by atoms with van der Waals surface area (Å²) in [5.74, 6) is 0. The van der Waals surface area contributed by atoms with E-state index in [0.29, 0.717) is 0 Å². The van der Waals surface area contributed by atoms with Gasteiger partial charge in [-0.2, -0.15) is 0 Å². The molecule has 0 heterocycles. The second-order valence-corrected chi connectivity index (χ2v) is 22.2. The van der Waals surface area contributed by atoms with Crippen molar-refractivity contribution >= 4 is 16.6 Å². The lowest BCUT2D eigenvalue weighted by molar-refractivity contribution is 0.475. The maximum Gasteiger partial charge on any atom is 0.179 e. The van der Waals surface area contributed by atoms with Crippen LogP contribution in [0, 0.1) is 0 Å². The standard InChI is InChI=1S/C36H78OSi2/c1-7-13-17-21-25-29-33-38(11-5,34-30-26-22-18-14-8-2)37-39(12-6,35-31-27-23-19-15-9-3)36-32-28-24-20-16-10-4/h7-36H2,1-6H3. The summed E-state index contributed by atoms with van der Waals surface area (Å²) < 4.78 is 7.91. The van der Waals surface area contributed by atoms with Crippen LogP contribution in [0.1, 0.15) is 196 Å². The Kier molecular flexibility index (Phi) is 28.8. The summed E-state index contributed by atoms with van der Waals surface area (Å²) in [6, 6.07) is 8.61. The molecule has 236 valence electrons. The summed E-state index contributed by atoms with van der Waals surface area (Å²) in [5, 5.41) is 0. The molecule has 0 atom stereocenters. The first-order valence-electron chi connectivity index (χ1n) is 18.8. The van der Waals surface area contributed by atoms with E-state index >= 15 is 0 Å². The van der Waals surface area contributed by atoms with Crippen LogP contribution < -0.4 is 0 Å². The van der Waals surface area contributed by atoms with Gasteiger partial charge in [0.2, 0.25) is 0 Å². The van der Waals surface area contributed by atoms with E-state index < -0.39 is 16.6 Å². The van der Waals surface area contributed by atoms with Crippen LogP contribution in [0.15, 0.2) is 0 Å². The van der Waals surface area contributed by atoms with Crippen LogP contribution in [0.5, 0.6) is 0 Å². The molecule has 0 saturated heterocycles. The van der Waals surface area contributed by atoms with Gasteiger partial charge in [0.1, 0.15) is 0 Å². The van der Waals surface area contributed by atoms with Gasteiger partial charge < -0.3 is 4.12 Å². The van der Waals surface area contributed by atoms with Crippen LogP contribution in [-0.2, 0) is 4.12 Å². The van der Waals surface area contributed by atoms with Gasteiger partial charge in [0.05, 0.1) is 0 Å². The molecular weight excluding hydrogens is 505 g/mol. The molecule has 0 N–H and O–H groups in total. The quantitative estimate of drug-likeness (QED) is 0.0566. The molecule has 0 rings (SSSR count). The van der Waals surface area contributed by atoms with Crippen LogP contribution in [0.3, 0.4) is 0 Å². The van der Waals surface area contributed by atoms with Gasteiger partial charge in [0.25, 0.3) is 0 Å². The topological polar surface area (TPSA) is 9.23 Å². The van der Waals surface area contributed by atoms with Gasteiger partial charge in [0, 0.05) is 0 Å². The van der Waals surface area contributed by atoms with Crippen molar-refractivity contribution < 1.29 is 4.12 Å². The third-order valence-corrected chi connectivity index (χ3v) is 20.8. The van der Waals surface area contributed by atoms with Crippen LogP contribution >= 0.6 is 0 Å². The highest BCUT2D eigenvalue weighted by Gasteiger charge is 2.42. The molecule has 3 heteroatoms. The fourth-order valence-corrected chi connectivity index (χ4v) is 18.6. The molecule has 0 unspecified atom stereocenters. The predicted molar refractivity (Wildman–Crippen MR) is 186 cm³/mol. The monoisotopic (exact) mass is 583 g/mol. The molecule has 0 amide bonds. The Morgan fingerprint density at radius 2 is 0.487 bits per heavy atom. The van der Waals surface area contributed by atoms with Crippen molar-refractivity contribution in [2.75, 3.05) is 0 Å². The van der Waals surface area contributed by atoms with E-state index in [1.54, 1.807) is 0 Å². The largest absolute Gasteiger partial charge is 0.455 e. The van der Waals surface area contributed by atoms with Crippen molar-refractivity contribution in [3.63, 3.8) is 0 Å². The van der Waals surface area contributed by atoms with E-state index in [4.69, 9.17) is 4.12 Å². The van der Waals surface area contributed by atoms with Gasteiger partial charge in [-0.1, -0.05) is 196 Å². The zero-order valence-electron chi connectivity index (χ0n) is 28.6. The third-order valence-electron chi connectivity index (χ3n) is 9.67. The maximum absolute atomic E-state index is 7.91. The van der Waals surface area contributed by atoms with Gasteiger partial charge in [-0.25, -0.2) is 0 Å². The molecule has 0 aliphatic heterocycles. The van der Waals surface area contributed by atoms with Crippen LogP contribution in [-0.4, -0.2) is 16.6 Å². The van der Waals surface area contributed by atoms with Gasteiger partial charge in [-0.05, 0) is 36.3 Å². The molecule has 0 bridgehead atoms. The normalized spacial score (nSPS) is 12.5. The van der Waals surface area contributed by atoms with E-state index in [9.17, 15) is 0 Å². The summed E-state index contributed by atoms with van der Waals surface area (Å²) in [6.07, 6.45) is 34.3. The van der Waals surface area contributed by atoms with Crippen molar-refractivity contribution in [2.45, 2.75) is 232 Å². The molecule has 0 aliphatic rings. The fourth-order valence-electron chi connectivity index (χ4n) is 6.67. The highest BCUT2D eigenvalue weighted by Crippen LogP contribution is 2.38. The number of rotatable bonds is 32. The Balaban J connectivity index is 5.40. The Labute approximate surface area is 252 Å². The average Bonchev–Trinajstić information content (AvgIpc) is 2.95. The molecule has 0 aromatic heterocycles. The SMILES string of the molecule is CCCCCCCC[Si](CC)(CCCCCCCC)O[Si](CC)(CCCCCCCC)CCCCCCCC. The van der Waals surface area contributed by atoms with Gasteiger partial charge in [-0.15, -0.1) is 0 Å². The van der Waals surface area contributed by atoms with Crippen LogP contribution in [0.4, 0.5) is 0 Å². The number of hydrogen-bond donors (Lipinski definition) is 0. The summed E-state index contributed by atoms with van der Waals surface area (Å²) in [6.45, 7) is 14.4. The highest BCUT2D eigenvalue weighted by atomic mass is 28.4. The predicted octanol–water partition coefficient (Wildman–Crippen LogP) is 14.4. The lowest BCUT2D eigenvalue weighted by Crippen LogP contribution is -2.51. The van der Waals surface area contributed by atoms with E-state index in [1.165, 1.54) is 190 Å². The molecule has 0 saturated carbocycles. The molecule has 0 spiro atoms. The second-order valence-electron chi connectivity index (χ2n) is 13.2. The lowest BCUT2D eigenvalue weighted by Gasteiger charge is -2.43.